The zero-order chi connectivity index (χ0) is 11.5. The first-order valence-electron chi connectivity index (χ1n) is 3.94. The second kappa shape index (κ2) is 4.69. The Kier molecular flexibility index (Phi) is 3.77. The Morgan fingerprint density at radius 1 is 1.40 bits per heavy atom. The molecule has 15 heavy (non-hydrogen) atoms. The van der Waals surface area contributed by atoms with Crippen LogP contribution < -0.4 is 5.32 Å². The summed E-state index contributed by atoms with van der Waals surface area (Å²) in [6, 6.07) is 0. The summed E-state index contributed by atoms with van der Waals surface area (Å²) in [5, 5.41) is 2.62. The molecule has 2 N–H and O–H groups in total. The first-order valence-corrected chi connectivity index (χ1v) is 5.93. The number of nitrogens with one attached hydrogen (secondary N) is 1. The molecule has 0 aliphatic heterocycles. The molecule has 1 aromatic rings. The van der Waals surface area contributed by atoms with Crippen molar-refractivity contribution < 1.29 is 13.0 Å². The molecule has 0 spiro atoms. The minimum absolute atomic E-state index is 0.00137. The van der Waals surface area contributed by atoms with Gasteiger partial charge in [-0.15, -0.1) is 0 Å². The third kappa shape index (κ3) is 4.86. The number of rotatable bonds is 4. The Morgan fingerprint density at radius 3 is 2.60 bits per heavy atom. The zero-order valence-electron chi connectivity index (χ0n) is 7.81. The van der Waals surface area contributed by atoms with Gasteiger partial charge in [-0.1, -0.05) is 0 Å². The van der Waals surface area contributed by atoms with E-state index < -0.39 is 15.9 Å². The molecular formula is C6H9ClN4O3S. The highest BCUT2D eigenvalue weighted by atomic mass is 35.5. The van der Waals surface area contributed by atoms with Crippen LogP contribution in [0.3, 0.4) is 0 Å². The topological polar surface area (TPSA) is 105 Å². The smallest absolute Gasteiger partial charge is 0.266 e. The highest BCUT2D eigenvalue weighted by Crippen LogP contribution is 2.04. The van der Waals surface area contributed by atoms with Gasteiger partial charge in [-0.25, -0.2) is 4.98 Å². The summed E-state index contributed by atoms with van der Waals surface area (Å²) < 4.78 is 29.2. The van der Waals surface area contributed by atoms with Gasteiger partial charge >= 0.3 is 0 Å². The summed E-state index contributed by atoms with van der Waals surface area (Å²) in [6.07, 6.45) is 0. The van der Waals surface area contributed by atoms with Crippen LogP contribution in [0.5, 0.6) is 0 Å². The van der Waals surface area contributed by atoms with Gasteiger partial charge in [-0.2, -0.15) is 18.4 Å². The van der Waals surface area contributed by atoms with Crippen molar-refractivity contribution in [3.05, 3.63) is 11.1 Å². The van der Waals surface area contributed by atoms with Crippen molar-refractivity contribution in [2.75, 3.05) is 17.6 Å². The third-order valence-electron chi connectivity index (χ3n) is 1.36. The van der Waals surface area contributed by atoms with Crippen LogP contribution in [0.4, 0.5) is 5.95 Å². The average Bonchev–Trinajstić information content (AvgIpc) is 1.99. The summed E-state index contributed by atoms with van der Waals surface area (Å²) in [5.74, 6) is 0.176. The summed E-state index contributed by atoms with van der Waals surface area (Å²) in [4.78, 5) is 11.3. The van der Waals surface area contributed by atoms with E-state index in [1.165, 1.54) is 0 Å². The minimum atomic E-state index is -3.98. The van der Waals surface area contributed by atoms with Crippen molar-refractivity contribution >= 4 is 27.7 Å². The van der Waals surface area contributed by atoms with E-state index in [4.69, 9.17) is 16.2 Å². The van der Waals surface area contributed by atoms with Crippen LogP contribution in [0.25, 0.3) is 0 Å². The van der Waals surface area contributed by atoms with Gasteiger partial charge in [0, 0.05) is 6.54 Å². The number of anilines is 1. The maximum atomic E-state index is 10.4. The molecule has 9 heteroatoms. The number of hydrogen-bond donors (Lipinski definition) is 2. The number of aromatic nitrogens is 3. The number of halogens is 1. The van der Waals surface area contributed by atoms with Gasteiger partial charge in [0.1, 0.15) is 5.82 Å². The van der Waals surface area contributed by atoms with Crippen LogP contribution in [0.1, 0.15) is 5.82 Å². The lowest BCUT2D eigenvalue weighted by Crippen LogP contribution is -2.16. The largest absolute Gasteiger partial charge is 0.353 e. The van der Waals surface area contributed by atoms with E-state index in [1.807, 2.05) is 0 Å². The number of aryl methyl sites for hydroxylation is 1. The highest BCUT2D eigenvalue weighted by molar-refractivity contribution is 7.85. The van der Waals surface area contributed by atoms with E-state index in [0.29, 0.717) is 5.82 Å². The monoisotopic (exact) mass is 252 g/mol. The Morgan fingerprint density at radius 2 is 2.07 bits per heavy atom. The SMILES string of the molecule is Cc1nc(Cl)nc(NCCS(=O)(=O)O)n1. The van der Waals surface area contributed by atoms with Crippen LogP contribution in [-0.2, 0) is 10.1 Å². The predicted molar refractivity (Wildman–Crippen MR) is 54.5 cm³/mol. The van der Waals surface area contributed by atoms with Crippen molar-refractivity contribution in [1.82, 2.24) is 15.0 Å². The average molecular weight is 253 g/mol. The van der Waals surface area contributed by atoms with E-state index >= 15 is 0 Å². The van der Waals surface area contributed by atoms with E-state index in [1.54, 1.807) is 6.92 Å². The Labute approximate surface area is 91.7 Å². The summed E-state index contributed by atoms with van der Waals surface area (Å²) in [6.45, 7) is 1.63. The fraction of sp³-hybridized carbons (Fsp3) is 0.500. The first-order chi connectivity index (χ1) is 6.87. The van der Waals surface area contributed by atoms with Gasteiger partial charge in [-0.05, 0) is 18.5 Å². The van der Waals surface area contributed by atoms with Crippen molar-refractivity contribution in [1.29, 1.82) is 0 Å². The first kappa shape index (κ1) is 12.1. The second-order valence-corrected chi connectivity index (χ2v) is 4.60. The molecule has 0 radical (unpaired) electrons. The number of nitrogens with zero attached hydrogens (tertiary/aromatic N) is 3. The molecule has 0 atom stereocenters. The summed E-state index contributed by atoms with van der Waals surface area (Å²) >= 11 is 5.55. The maximum Gasteiger partial charge on any atom is 0.266 e. The lowest BCUT2D eigenvalue weighted by atomic mass is 10.7. The summed E-state index contributed by atoms with van der Waals surface area (Å²) in [5.41, 5.74) is 0. The zero-order valence-corrected chi connectivity index (χ0v) is 9.38. The van der Waals surface area contributed by atoms with Crippen LogP contribution >= 0.6 is 11.6 Å². The molecule has 1 heterocycles. The van der Waals surface area contributed by atoms with Crippen molar-refractivity contribution in [2.45, 2.75) is 6.92 Å². The Balaban J connectivity index is 2.58. The standard InChI is InChI=1S/C6H9ClN4O3S/c1-4-9-5(7)11-6(10-4)8-2-3-15(12,13)14/h2-3H2,1H3,(H,12,13,14)(H,8,9,10,11). The fourth-order valence-electron chi connectivity index (χ4n) is 0.820. The van der Waals surface area contributed by atoms with Crippen molar-refractivity contribution in [3.63, 3.8) is 0 Å². The molecular weight excluding hydrogens is 244 g/mol. The van der Waals surface area contributed by atoms with E-state index in [0.717, 1.165) is 0 Å². The molecule has 0 amide bonds. The lowest BCUT2D eigenvalue weighted by Gasteiger charge is -2.03. The van der Waals surface area contributed by atoms with Crippen molar-refractivity contribution in [3.8, 4) is 0 Å². The quantitative estimate of drug-likeness (QED) is 0.734. The van der Waals surface area contributed by atoms with E-state index in [-0.39, 0.29) is 17.8 Å². The minimum Gasteiger partial charge on any atom is -0.353 e. The molecule has 0 fully saturated rings. The maximum absolute atomic E-state index is 10.4. The van der Waals surface area contributed by atoms with E-state index in [9.17, 15) is 8.42 Å². The molecule has 0 aliphatic rings. The molecule has 0 saturated heterocycles. The van der Waals surface area contributed by atoms with Crippen LogP contribution in [-0.4, -0.2) is 40.2 Å². The molecule has 0 aromatic carbocycles. The van der Waals surface area contributed by atoms with Gasteiger partial charge in [0.05, 0.1) is 5.75 Å². The third-order valence-corrected chi connectivity index (χ3v) is 2.25. The second-order valence-electron chi connectivity index (χ2n) is 2.69. The van der Waals surface area contributed by atoms with E-state index in [2.05, 4.69) is 20.3 Å². The molecule has 0 aliphatic carbocycles. The highest BCUT2D eigenvalue weighted by Gasteiger charge is 2.05. The van der Waals surface area contributed by atoms with Crippen LogP contribution in [0.15, 0.2) is 0 Å². The fourth-order valence-corrected chi connectivity index (χ4v) is 1.38. The Hall–Kier alpha value is -0.990. The molecule has 0 saturated carbocycles. The predicted octanol–water partition coefficient (Wildman–Crippen LogP) is 0.133. The lowest BCUT2D eigenvalue weighted by molar-refractivity contribution is 0.484. The molecule has 0 bridgehead atoms. The molecule has 7 nitrogen and oxygen atoms in total. The normalized spacial score (nSPS) is 11.4. The molecule has 84 valence electrons. The molecule has 1 aromatic heterocycles. The van der Waals surface area contributed by atoms with Gasteiger partial charge in [0.25, 0.3) is 10.1 Å². The van der Waals surface area contributed by atoms with Gasteiger partial charge in [0.15, 0.2) is 0 Å². The Bertz CT molecular complexity index is 429. The molecule has 1 rings (SSSR count). The molecule has 0 unspecified atom stereocenters. The van der Waals surface area contributed by atoms with Gasteiger partial charge < -0.3 is 5.32 Å². The van der Waals surface area contributed by atoms with Gasteiger partial charge in [0.2, 0.25) is 11.2 Å². The van der Waals surface area contributed by atoms with Crippen molar-refractivity contribution in [2.24, 2.45) is 0 Å². The number of hydrogen-bond acceptors (Lipinski definition) is 6. The summed E-state index contributed by atoms with van der Waals surface area (Å²) in [7, 11) is -3.98. The van der Waals surface area contributed by atoms with Crippen LogP contribution in [0, 0.1) is 6.92 Å². The van der Waals surface area contributed by atoms with Crippen LogP contribution in [0.2, 0.25) is 5.28 Å². The van der Waals surface area contributed by atoms with Gasteiger partial charge in [-0.3, -0.25) is 4.55 Å².